The van der Waals surface area contributed by atoms with Crippen LogP contribution in [-0.2, 0) is 26.0 Å². The molecule has 1 aromatic heterocycles. The highest BCUT2D eigenvalue weighted by Crippen LogP contribution is 2.32. The number of carbonyl (C=O) groups is 2. The Kier molecular flexibility index (Phi) is 5.75. The number of carboxylic acids is 2. The van der Waals surface area contributed by atoms with Crippen molar-refractivity contribution >= 4 is 32.7 Å². The maximum atomic E-state index is 13.8. The van der Waals surface area contributed by atoms with Crippen molar-refractivity contribution in [1.29, 1.82) is 0 Å². The summed E-state index contributed by atoms with van der Waals surface area (Å²) in [5.41, 5.74) is 0.749. The van der Waals surface area contributed by atoms with Crippen molar-refractivity contribution in [2.24, 2.45) is 0 Å². The lowest BCUT2D eigenvalue weighted by Crippen LogP contribution is -2.52. The third kappa shape index (κ3) is 4.43. The molecule has 0 saturated carbocycles. The Hall–Kier alpha value is -2.50. The van der Waals surface area contributed by atoms with E-state index in [4.69, 9.17) is 0 Å². The third-order valence-electron chi connectivity index (χ3n) is 6.15. The zero-order valence-corrected chi connectivity index (χ0v) is 17.6. The smallest absolute Gasteiger partial charge is 0.325 e. The second kappa shape index (κ2) is 8.21. The molecule has 4 rings (SSSR count). The van der Waals surface area contributed by atoms with E-state index in [1.165, 1.54) is 29.0 Å². The van der Waals surface area contributed by atoms with Crippen LogP contribution in [0.25, 0.3) is 10.9 Å². The van der Waals surface area contributed by atoms with Crippen LogP contribution >= 0.6 is 0 Å². The topological polar surface area (TPSA) is 120 Å². The van der Waals surface area contributed by atoms with Gasteiger partial charge in [-0.3, -0.25) is 19.4 Å². The van der Waals surface area contributed by atoms with Crippen LogP contribution in [0.15, 0.2) is 24.4 Å². The molecule has 11 heteroatoms. The van der Waals surface area contributed by atoms with Crippen LogP contribution in [0.5, 0.6) is 0 Å². The van der Waals surface area contributed by atoms with Crippen LogP contribution in [0.2, 0.25) is 0 Å². The molecule has 2 fully saturated rings. The van der Waals surface area contributed by atoms with Crippen LogP contribution in [0.1, 0.15) is 18.0 Å². The fourth-order valence-corrected chi connectivity index (χ4v) is 6.46. The van der Waals surface area contributed by atoms with Gasteiger partial charge in [-0.25, -0.2) is 12.8 Å². The van der Waals surface area contributed by atoms with Gasteiger partial charge >= 0.3 is 11.9 Å². The summed E-state index contributed by atoms with van der Waals surface area (Å²) < 4.78 is 38.7. The standard InChI is InChI=1S/C20H24FN3O6S/c21-13-1-2-15-16(10-24(11-18(25)26)17(15)9-13)19(20(27)28)23-6-4-22(5-7-23)14-3-8-31(29,30)12-14/h1-2,9-10,14,19H,3-8,11-12H2,(H,25,26)(H,27,28)/t14-,19+/m0/s1. The number of nitrogens with zero attached hydrogens (tertiary/aromatic N) is 3. The van der Waals surface area contributed by atoms with Crippen molar-refractivity contribution in [1.82, 2.24) is 14.4 Å². The van der Waals surface area contributed by atoms with E-state index in [1.807, 2.05) is 0 Å². The molecule has 2 atom stereocenters. The number of hydrogen-bond acceptors (Lipinski definition) is 6. The van der Waals surface area contributed by atoms with Crippen molar-refractivity contribution in [3.63, 3.8) is 0 Å². The summed E-state index contributed by atoms with van der Waals surface area (Å²) in [5.74, 6) is -2.38. The molecule has 2 aliphatic rings. The van der Waals surface area contributed by atoms with Gasteiger partial charge in [-0.1, -0.05) is 0 Å². The first-order valence-electron chi connectivity index (χ1n) is 10.1. The van der Waals surface area contributed by atoms with E-state index in [1.54, 1.807) is 4.90 Å². The Balaban J connectivity index is 1.59. The largest absolute Gasteiger partial charge is 0.480 e. The number of rotatable bonds is 6. The number of piperazine rings is 1. The normalized spacial score (nSPS) is 23.2. The minimum Gasteiger partial charge on any atom is -0.480 e. The number of hydrogen-bond donors (Lipinski definition) is 2. The summed E-state index contributed by atoms with van der Waals surface area (Å²) in [6.07, 6.45) is 2.08. The summed E-state index contributed by atoms with van der Waals surface area (Å²) >= 11 is 0. The fraction of sp³-hybridized carbons (Fsp3) is 0.500. The second-order valence-electron chi connectivity index (χ2n) is 8.14. The SMILES string of the molecule is O=C(O)Cn1cc([C@H](C(=O)O)N2CCN([C@H]3CCS(=O)(=O)C3)CC2)c2ccc(F)cc21. The molecule has 0 spiro atoms. The first kappa shape index (κ1) is 21.7. The highest BCUT2D eigenvalue weighted by molar-refractivity contribution is 7.91. The number of aromatic nitrogens is 1. The molecule has 31 heavy (non-hydrogen) atoms. The van der Waals surface area contributed by atoms with Gasteiger partial charge in [0.25, 0.3) is 0 Å². The van der Waals surface area contributed by atoms with Crippen LogP contribution < -0.4 is 0 Å². The van der Waals surface area contributed by atoms with Crippen molar-refractivity contribution in [2.75, 3.05) is 37.7 Å². The average molecular weight is 453 g/mol. The van der Waals surface area contributed by atoms with Gasteiger partial charge in [0, 0.05) is 49.4 Å². The Morgan fingerprint density at radius 2 is 1.87 bits per heavy atom. The Morgan fingerprint density at radius 1 is 1.16 bits per heavy atom. The number of benzene rings is 1. The molecular weight excluding hydrogens is 429 g/mol. The van der Waals surface area contributed by atoms with E-state index in [9.17, 15) is 32.6 Å². The number of halogens is 1. The van der Waals surface area contributed by atoms with Crippen molar-refractivity contribution in [3.05, 3.63) is 35.8 Å². The molecule has 0 radical (unpaired) electrons. The molecular formula is C20H24FN3O6S. The van der Waals surface area contributed by atoms with Gasteiger partial charge in [0.05, 0.1) is 17.0 Å². The van der Waals surface area contributed by atoms with E-state index < -0.39 is 40.2 Å². The molecule has 0 amide bonds. The van der Waals surface area contributed by atoms with Gasteiger partial charge in [-0.05, 0) is 24.6 Å². The maximum Gasteiger partial charge on any atom is 0.325 e. The van der Waals surface area contributed by atoms with E-state index in [2.05, 4.69) is 4.90 Å². The highest BCUT2D eigenvalue weighted by atomic mass is 32.2. The predicted molar refractivity (Wildman–Crippen MR) is 110 cm³/mol. The molecule has 2 aromatic rings. The van der Waals surface area contributed by atoms with E-state index in [0.717, 1.165) is 0 Å². The molecule has 0 bridgehead atoms. The molecule has 9 nitrogen and oxygen atoms in total. The Morgan fingerprint density at radius 3 is 2.45 bits per heavy atom. The number of fused-ring (bicyclic) bond motifs is 1. The minimum absolute atomic E-state index is 0.0316. The van der Waals surface area contributed by atoms with Crippen LogP contribution in [-0.4, -0.2) is 88.7 Å². The lowest BCUT2D eigenvalue weighted by molar-refractivity contribution is -0.144. The summed E-state index contributed by atoms with van der Waals surface area (Å²) in [7, 11) is -3.00. The molecule has 0 aliphatic carbocycles. The van der Waals surface area contributed by atoms with Crippen LogP contribution in [0.3, 0.4) is 0 Å². The molecule has 2 N–H and O–H groups in total. The zero-order chi connectivity index (χ0) is 22.3. The van der Waals surface area contributed by atoms with E-state index in [-0.39, 0.29) is 17.5 Å². The molecule has 2 saturated heterocycles. The van der Waals surface area contributed by atoms with Crippen molar-refractivity contribution in [3.8, 4) is 0 Å². The van der Waals surface area contributed by atoms with Gasteiger partial charge in [0.15, 0.2) is 9.84 Å². The van der Waals surface area contributed by atoms with Gasteiger partial charge in [-0.15, -0.1) is 0 Å². The fourth-order valence-electron chi connectivity index (χ4n) is 4.70. The molecule has 2 aliphatic heterocycles. The predicted octanol–water partition coefficient (Wildman–Crippen LogP) is 0.795. The van der Waals surface area contributed by atoms with Gasteiger partial charge in [0.1, 0.15) is 18.4 Å². The Bertz CT molecular complexity index is 1120. The van der Waals surface area contributed by atoms with Crippen molar-refractivity contribution in [2.45, 2.75) is 25.0 Å². The van der Waals surface area contributed by atoms with Crippen LogP contribution in [0, 0.1) is 5.82 Å². The maximum absolute atomic E-state index is 13.8. The van der Waals surface area contributed by atoms with Gasteiger partial charge in [0.2, 0.25) is 0 Å². The summed E-state index contributed by atoms with van der Waals surface area (Å²) in [6, 6.07) is 2.87. The monoisotopic (exact) mass is 453 g/mol. The van der Waals surface area contributed by atoms with Crippen molar-refractivity contribution < 1.29 is 32.6 Å². The number of carboxylic acid groups (broad SMARTS) is 2. The number of sulfone groups is 1. The lowest BCUT2D eigenvalue weighted by Gasteiger charge is -2.40. The molecule has 3 heterocycles. The van der Waals surface area contributed by atoms with Gasteiger partial charge < -0.3 is 14.8 Å². The Labute approximate surface area is 178 Å². The average Bonchev–Trinajstić information content (AvgIpc) is 3.22. The third-order valence-corrected chi connectivity index (χ3v) is 7.90. The minimum atomic E-state index is -3.00. The summed E-state index contributed by atoms with van der Waals surface area (Å²) in [6.45, 7) is 1.55. The molecule has 1 aromatic carbocycles. The second-order valence-corrected chi connectivity index (χ2v) is 10.4. The van der Waals surface area contributed by atoms with Gasteiger partial charge in [-0.2, -0.15) is 0 Å². The zero-order valence-electron chi connectivity index (χ0n) is 16.8. The van der Waals surface area contributed by atoms with E-state index in [0.29, 0.717) is 49.1 Å². The molecule has 168 valence electrons. The quantitative estimate of drug-likeness (QED) is 0.659. The highest BCUT2D eigenvalue weighted by Gasteiger charge is 2.37. The number of aliphatic carboxylic acids is 2. The summed E-state index contributed by atoms with van der Waals surface area (Å²) in [4.78, 5) is 27.4. The summed E-state index contributed by atoms with van der Waals surface area (Å²) in [5, 5.41) is 19.7. The van der Waals surface area contributed by atoms with Crippen LogP contribution in [0.4, 0.5) is 4.39 Å². The van der Waals surface area contributed by atoms with E-state index >= 15 is 0 Å². The lowest BCUT2D eigenvalue weighted by atomic mass is 10.0. The first-order chi connectivity index (χ1) is 14.6. The first-order valence-corrected chi connectivity index (χ1v) is 11.9. The molecule has 0 unspecified atom stereocenters.